The average Bonchev–Trinajstić information content (AvgIpc) is 2.80. The van der Waals surface area contributed by atoms with Gasteiger partial charge in [-0.15, -0.1) is 0 Å². The normalized spacial score (nSPS) is 10.6. The molecule has 0 atom stereocenters. The summed E-state index contributed by atoms with van der Waals surface area (Å²) in [6.45, 7) is 0. The Labute approximate surface area is 185 Å². The van der Waals surface area contributed by atoms with Crippen LogP contribution in [-0.4, -0.2) is 5.97 Å². The lowest BCUT2D eigenvalue weighted by molar-refractivity contribution is 0.0732. The molecule has 0 bridgehead atoms. The number of aryl methyl sites for hydroxylation is 2. The molecule has 0 aliphatic rings. The molecule has 0 spiro atoms. The SMILES string of the molecule is O=C(Oc1ccc(-c2ccccc2)cc1Br)c1ccccc1CCc1ccccc1. The number of hydrogen-bond donors (Lipinski definition) is 0. The van der Waals surface area contributed by atoms with E-state index in [1.165, 1.54) is 5.56 Å². The van der Waals surface area contributed by atoms with E-state index in [0.29, 0.717) is 11.3 Å². The molecule has 0 radical (unpaired) electrons. The highest BCUT2D eigenvalue weighted by Crippen LogP contribution is 2.31. The summed E-state index contributed by atoms with van der Waals surface area (Å²) >= 11 is 3.55. The molecule has 0 fully saturated rings. The lowest BCUT2D eigenvalue weighted by Gasteiger charge is -2.11. The van der Waals surface area contributed by atoms with Crippen molar-refractivity contribution in [3.05, 3.63) is 124 Å². The highest BCUT2D eigenvalue weighted by Gasteiger charge is 2.15. The Morgan fingerprint density at radius 2 is 1.37 bits per heavy atom. The van der Waals surface area contributed by atoms with Crippen LogP contribution in [0, 0.1) is 0 Å². The van der Waals surface area contributed by atoms with E-state index in [-0.39, 0.29) is 5.97 Å². The maximum atomic E-state index is 12.9. The predicted molar refractivity (Wildman–Crippen MR) is 125 cm³/mol. The van der Waals surface area contributed by atoms with Crippen molar-refractivity contribution < 1.29 is 9.53 Å². The summed E-state index contributed by atoms with van der Waals surface area (Å²) in [5.74, 6) is 0.171. The minimum absolute atomic E-state index is 0.341. The molecular weight excluding hydrogens is 436 g/mol. The molecule has 0 saturated heterocycles. The second-order valence-corrected chi connectivity index (χ2v) is 7.90. The van der Waals surface area contributed by atoms with Crippen molar-refractivity contribution in [2.45, 2.75) is 12.8 Å². The number of benzene rings is 4. The Morgan fingerprint density at radius 3 is 2.10 bits per heavy atom. The fourth-order valence-electron chi connectivity index (χ4n) is 3.41. The summed E-state index contributed by atoms with van der Waals surface area (Å²) in [6, 6.07) is 33.8. The van der Waals surface area contributed by atoms with Gasteiger partial charge in [0.15, 0.2) is 0 Å². The van der Waals surface area contributed by atoms with E-state index in [0.717, 1.165) is 34.0 Å². The van der Waals surface area contributed by atoms with Gasteiger partial charge in [-0.3, -0.25) is 0 Å². The summed E-state index contributed by atoms with van der Waals surface area (Å²) in [7, 11) is 0. The minimum atomic E-state index is -0.341. The van der Waals surface area contributed by atoms with Crippen LogP contribution >= 0.6 is 15.9 Å². The third-order valence-corrected chi connectivity index (χ3v) is 5.62. The second kappa shape index (κ2) is 9.55. The standard InChI is InChI=1S/C27H21BrO2/c28-25-19-23(21-11-5-2-6-12-21)17-18-26(25)30-27(29)24-14-8-7-13-22(24)16-15-20-9-3-1-4-10-20/h1-14,17-19H,15-16H2. The van der Waals surface area contributed by atoms with Crippen molar-refractivity contribution >= 4 is 21.9 Å². The van der Waals surface area contributed by atoms with Crippen LogP contribution in [0.4, 0.5) is 0 Å². The van der Waals surface area contributed by atoms with Gasteiger partial charge < -0.3 is 4.74 Å². The van der Waals surface area contributed by atoms with Crippen LogP contribution in [-0.2, 0) is 12.8 Å². The number of carbonyl (C=O) groups is 1. The summed E-state index contributed by atoms with van der Waals surface area (Å²) < 4.78 is 6.48. The molecular formula is C27H21BrO2. The molecule has 0 saturated carbocycles. The first kappa shape index (κ1) is 20.1. The summed E-state index contributed by atoms with van der Waals surface area (Å²) in [6.07, 6.45) is 1.66. The van der Waals surface area contributed by atoms with Gasteiger partial charge in [-0.05, 0) is 69.2 Å². The Bertz CT molecular complexity index is 1140. The van der Waals surface area contributed by atoms with Crippen LogP contribution in [0.15, 0.2) is 108 Å². The third-order valence-electron chi connectivity index (χ3n) is 5.00. The van der Waals surface area contributed by atoms with Gasteiger partial charge in [-0.1, -0.05) is 84.9 Å². The Kier molecular flexibility index (Phi) is 6.41. The Morgan fingerprint density at radius 1 is 0.700 bits per heavy atom. The van der Waals surface area contributed by atoms with Crippen molar-refractivity contribution in [3.8, 4) is 16.9 Å². The Balaban J connectivity index is 1.50. The highest BCUT2D eigenvalue weighted by molar-refractivity contribution is 9.10. The van der Waals surface area contributed by atoms with E-state index in [1.54, 1.807) is 0 Å². The monoisotopic (exact) mass is 456 g/mol. The summed E-state index contributed by atoms with van der Waals surface area (Å²) in [4.78, 5) is 12.9. The van der Waals surface area contributed by atoms with Crippen molar-refractivity contribution in [2.75, 3.05) is 0 Å². The number of rotatable bonds is 6. The zero-order valence-electron chi connectivity index (χ0n) is 16.4. The van der Waals surface area contributed by atoms with Crippen molar-refractivity contribution in [2.24, 2.45) is 0 Å². The van der Waals surface area contributed by atoms with Crippen LogP contribution in [0.3, 0.4) is 0 Å². The van der Waals surface area contributed by atoms with E-state index in [2.05, 4.69) is 40.2 Å². The van der Waals surface area contributed by atoms with Crippen LogP contribution in [0.25, 0.3) is 11.1 Å². The lowest BCUT2D eigenvalue weighted by Crippen LogP contribution is -2.12. The van der Waals surface area contributed by atoms with Gasteiger partial charge in [0.05, 0.1) is 10.0 Å². The van der Waals surface area contributed by atoms with Crippen LogP contribution in [0.1, 0.15) is 21.5 Å². The highest BCUT2D eigenvalue weighted by atomic mass is 79.9. The van der Waals surface area contributed by atoms with Gasteiger partial charge in [0.25, 0.3) is 0 Å². The van der Waals surface area contributed by atoms with Gasteiger partial charge in [-0.25, -0.2) is 4.79 Å². The van der Waals surface area contributed by atoms with E-state index < -0.39 is 0 Å². The number of esters is 1. The van der Waals surface area contributed by atoms with Crippen LogP contribution < -0.4 is 4.74 Å². The number of halogens is 1. The molecule has 0 heterocycles. The largest absolute Gasteiger partial charge is 0.422 e. The number of carbonyl (C=O) groups excluding carboxylic acids is 1. The molecule has 0 N–H and O–H groups in total. The second-order valence-electron chi connectivity index (χ2n) is 7.04. The first-order valence-electron chi connectivity index (χ1n) is 9.90. The number of ether oxygens (including phenoxy) is 1. The third kappa shape index (κ3) is 4.87. The lowest BCUT2D eigenvalue weighted by atomic mass is 10.00. The molecule has 2 nitrogen and oxygen atoms in total. The topological polar surface area (TPSA) is 26.3 Å². The molecule has 0 unspecified atom stereocenters. The molecule has 0 aromatic heterocycles. The molecule has 0 amide bonds. The fourth-order valence-corrected chi connectivity index (χ4v) is 3.87. The Hall–Kier alpha value is -3.17. The van der Waals surface area contributed by atoms with Crippen molar-refractivity contribution in [3.63, 3.8) is 0 Å². The summed E-state index contributed by atoms with van der Waals surface area (Å²) in [5, 5.41) is 0. The number of hydrogen-bond acceptors (Lipinski definition) is 2. The maximum Gasteiger partial charge on any atom is 0.343 e. The molecule has 4 aromatic rings. The molecule has 30 heavy (non-hydrogen) atoms. The average molecular weight is 457 g/mol. The van der Waals surface area contributed by atoms with Crippen LogP contribution in [0.5, 0.6) is 5.75 Å². The predicted octanol–water partition coefficient (Wildman–Crippen LogP) is 7.12. The zero-order chi connectivity index (χ0) is 20.8. The molecule has 4 aromatic carbocycles. The summed E-state index contributed by atoms with van der Waals surface area (Å²) in [5.41, 5.74) is 5.02. The van der Waals surface area contributed by atoms with E-state index >= 15 is 0 Å². The van der Waals surface area contributed by atoms with E-state index in [4.69, 9.17) is 4.74 Å². The molecule has 148 valence electrons. The first-order chi connectivity index (χ1) is 14.7. The quantitative estimate of drug-likeness (QED) is 0.228. The van der Waals surface area contributed by atoms with Gasteiger partial charge in [-0.2, -0.15) is 0 Å². The van der Waals surface area contributed by atoms with E-state index in [9.17, 15) is 4.79 Å². The molecule has 4 rings (SSSR count). The van der Waals surface area contributed by atoms with Gasteiger partial charge in [0.2, 0.25) is 0 Å². The van der Waals surface area contributed by atoms with Crippen molar-refractivity contribution in [1.82, 2.24) is 0 Å². The minimum Gasteiger partial charge on any atom is -0.422 e. The zero-order valence-corrected chi connectivity index (χ0v) is 18.0. The fraction of sp³-hybridized carbons (Fsp3) is 0.0741. The van der Waals surface area contributed by atoms with Crippen molar-refractivity contribution in [1.29, 1.82) is 0 Å². The van der Waals surface area contributed by atoms with Gasteiger partial charge >= 0.3 is 5.97 Å². The van der Waals surface area contributed by atoms with Crippen LogP contribution in [0.2, 0.25) is 0 Å². The van der Waals surface area contributed by atoms with Gasteiger partial charge in [0, 0.05) is 0 Å². The molecule has 3 heteroatoms. The first-order valence-corrected chi connectivity index (χ1v) is 10.7. The maximum absolute atomic E-state index is 12.9. The molecule has 0 aliphatic carbocycles. The van der Waals surface area contributed by atoms with E-state index in [1.807, 2.05) is 78.9 Å². The smallest absolute Gasteiger partial charge is 0.343 e. The van der Waals surface area contributed by atoms with Gasteiger partial charge in [0.1, 0.15) is 5.75 Å². The molecule has 0 aliphatic heterocycles.